The summed E-state index contributed by atoms with van der Waals surface area (Å²) in [6.45, 7) is 0.153. The smallest absolute Gasteiger partial charge is 0.326 e. The van der Waals surface area contributed by atoms with E-state index in [9.17, 15) is 33.9 Å². The van der Waals surface area contributed by atoms with Crippen LogP contribution >= 0.6 is 0 Å². The van der Waals surface area contributed by atoms with Crippen LogP contribution in [0.1, 0.15) is 37.7 Å². The van der Waals surface area contributed by atoms with Crippen LogP contribution in [0.4, 0.5) is 0 Å². The molecule has 0 bridgehead atoms. The molecule has 0 saturated carbocycles. The zero-order valence-corrected chi connectivity index (χ0v) is 19.6. The Hall–Kier alpha value is -4.00. The van der Waals surface area contributed by atoms with Gasteiger partial charge in [-0.1, -0.05) is 30.3 Å². The largest absolute Gasteiger partial charge is 0.481 e. The summed E-state index contributed by atoms with van der Waals surface area (Å²) in [5, 5.41) is 23.5. The average molecular weight is 506 g/mol. The molecule has 0 aliphatic carbocycles. The van der Waals surface area contributed by atoms with Crippen molar-refractivity contribution in [2.24, 2.45) is 11.5 Å². The lowest BCUT2D eigenvalue weighted by atomic mass is 10.0. The third kappa shape index (κ3) is 8.34. The van der Waals surface area contributed by atoms with Gasteiger partial charge in [-0.3, -0.25) is 24.0 Å². The molecular weight excluding hydrogens is 474 g/mol. The topological polar surface area (TPSA) is 222 Å². The minimum Gasteiger partial charge on any atom is -0.481 e. The molecule has 36 heavy (non-hydrogen) atoms. The molecule has 4 atom stereocenters. The Morgan fingerprint density at radius 3 is 2.28 bits per heavy atom. The predicted octanol–water partition coefficient (Wildman–Crippen LogP) is -1.66. The van der Waals surface area contributed by atoms with Gasteiger partial charge < -0.3 is 37.2 Å². The first-order chi connectivity index (χ1) is 17.0. The molecule has 1 aliphatic heterocycles. The summed E-state index contributed by atoms with van der Waals surface area (Å²) in [5.41, 5.74) is 11.4. The number of hydrogen-bond acceptors (Lipinski definition) is 7. The van der Waals surface area contributed by atoms with Crippen molar-refractivity contribution in [3.8, 4) is 0 Å². The Bertz CT molecular complexity index is 986. The fraction of sp³-hybridized carbons (Fsp3) is 0.478. The molecule has 8 N–H and O–H groups in total. The molecule has 2 rings (SSSR count). The molecular formula is C23H31N5O8. The van der Waals surface area contributed by atoms with Crippen molar-refractivity contribution < 1.29 is 39.0 Å². The summed E-state index contributed by atoms with van der Waals surface area (Å²) in [7, 11) is 0. The van der Waals surface area contributed by atoms with E-state index < -0.39 is 72.6 Å². The summed E-state index contributed by atoms with van der Waals surface area (Å²) >= 11 is 0. The second-order valence-corrected chi connectivity index (χ2v) is 8.55. The molecule has 13 nitrogen and oxygen atoms in total. The van der Waals surface area contributed by atoms with Gasteiger partial charge in [0, 0.05) is 19.4 Å². The highest BCUT2D eigenvalue weighted by Gasteiger charge is 2.39. The number of nitrogens with one attached hydrogen (secondary N) is 2. The van der Waals surface area contributed by atoms with Gasteiger partial charge in [-0.15, -0.1) is 0 Å². The number of benzene rings is 1. The van der Waals surface area contributed by atoms with E-state index in [1.165, 1.54) is 4.90 Å². The van der Waals surface area contributed by atoms with Gasteiger partial charge in [-0.2, -0.15) is 0 Å². The molecule has 13 heteroatoms. The maximum absolute atomic E-state index is 13.3. The highest BCUT2D eigenvalue weighted by molar-refractivity contribution is 5.95. The first-order valence-electron chi connectivity index (χ1n) is 11.4. The van der Waals surface area contributed by atoms with Crippen molar-refractivity contribution in [2.75, 3.05) is 6.54 Å². The molecule has 0 radical (unpaired) electrons. The Balaban J connectivity index is 2.14. The number of carboxylic acid groups (broad SMARTS) is 2. The summed E-state index contributed by atoms with van der Waals surface area (Å²) < 4.78 is 0. The van der Waals surface area contributed by atoms with Crippen LogP contribution in [0.15, 0.2) is 30.3 Å². The van der Waals surface area contributed by atoms with E-state index in [1.807, 2.05) is 0 Å². The molecule has 1 fully saturated rings. The first kappa shape index (κ1) is 28.2. The summed E-state index contributed by atoms with van der Waals surface area (Å²) in [6, 6.07) is 3.84. The summed E-state index contributed by atoms with van der Waals surface area (Å²) in [5.74, 6) is -5.51. The molecule has 196 valence electrons. The monoisotopic (exact) mass is 505 g/mol. The van der Waals surface area contributed by atoms with Crippen LogP contribution in [0, 0.1) is 0 Å². The standard InChI is InChI=1S/C23H31N5O8/c24-14(12-18(25)29)20(32)26-15(8-9-19(30)31)22(34)28-10-4-7-17(28)21(33)27-16(23(35)36)11-13-5-2-1-3-6-13/h1-3,5-6,14-17H,4,7-12,24H2,(H2,25,29)(H,26,32)(H,27,33)(H,30,31)(H,35,36). The van der Waals surface area contributed by atoms with E-state index in [2.05, 4.69) is 10.6 Å². The van der Waals surface area contributed by atoms with Crippen LogP contribution in [-0.4, -0.2) is 81.4 Å². The molecule has 1 heterocycles. The molecule has 4 unspecified atom stereocenters. The number of rotatable bonds is 13. The maximum atomic E-state index is 13.3. The van der Waals surface area contributed by atoms with E-state index >= 15 is 0 Å². The fourth-order valence-corrected chi connectivity index (χ4v) is 3.93. The Labute approximate surface area is 207 Å². The Morgan fingerprint density at radius 2 is 1.69 bits per heavy atom. The van der Waals surface area contributed by atoms with Crippen LogP contribution in [0.2, 0.25) is 0 Å². The molecule has 4 amide bonds. The third-order valence-electron chi connectivity index (χ3n) is 5.76. The number of nitrogens with zero attached hydrogens (tertiary/aromatic N) is 1. The van der Waals surface area contributed by atoms with Crippen molar-refractivity contribution in [3.05, 3.63) is 35.9 Å². The van der Waals surface area contributed by atoms with Gasteiger partial charge in [0.2, 0.25) is 23.6 Å². The normalized spacial score (nSPS) is 17.5. The van der Waals surface area contributed by atoms with Gasteiger partial charge >= 0.3 is 11.9 Å². The number of amides is 4. The number of nitrogens with two attached hydrogens (primary N) is 2. The van der Waals surface area contributed by atoms with Crippen molar-refractivity contribution in [3.63, 3.8) is 0 Å². The van der Waals surface area contributed by atoms with E-state index in [-0.39, 0.29) is 25.8 Å². The van der Waals surface area contributed by atoms with Gasteiger partial charge in [-0.05, 0) is 24.8 Å². The number of carbonyl (C=O) groups excluding carboxylic acids is 4. The van der Waals surface area contributed by atoms with Crippen molar-refractivity contribution >= 4 is 35.6 Å². The van der Waals surface area contributed by atoms with Gasteiger partial charge in [0.25, 0.3) is 0 Å². The maximum Gasteiger partial charge on any atom is 0.326 e. The second kappa shape index (κ2) is 13.2. The number of primary amides is 1. The van der Waals surface area contributed by atoms with Crippen molar-refractivity contribution in [1.82, 2.24) is 15.5 Å². The SMILES string of the molecule is NC(=O)CC(N)C(=O)NC(CCC(=O)O)C(=O)N1CCCC1C(=O)NC(Cc1ccccc1)C(=O)O. The Morgan fingerprint density at radius 1 is 1.03 bits per heavy atom. The lowest BCUT2D eigenvalue weighted by Crippen LogP contribution is -2.57. The van der Waals surface area contributed by atoms with Crippen molar-refractivity contribution in [1.29, 1.82) is 0 Å². The molecule has 1 aromatic carbocycles. The quantitative estimate of drug-likeness (QED) is 0.180. The minimum atomic E-state index is -1.34. The van der Waals surface area contributed by atoms with Gasteiger partial charge in [0.15, 0.2) is 0 Å². The average Bonchev–Trinajstić information content (AvgIpc) is 3.31. The zero-order chi connectivity index (χ0) is 26.8. The van der Waals surface area contributed by atoms with E-state index in [4.69, 9.17) is 16.6 Å². The van der Waals surface area contributed by atoms with Crippen LogP contribution in [0.5, 0.6) is 0 Å². The molecule has 1 aliphatic rings. The fourth-order valence-electron chi connectivity index (χ4n) is 3.93. The second-order valence-electron chi connectivity index (χ2n) is 8.55. The highest BCUT2D eigenvalue weighted by Crippen LogP contribution is 2.20. The number of hydrogen-bond donors (Lipinski definition) is 6. The molecule has 0 spiro atoms. The molecule has 0 aromatic heterocycles. The lowest BCUT2D eigenvalue weighted by molar-refractivity contribution is -0.145. The number of aliphatic carboxylic acids is 2. The third-order valence-corrected chi connectivity index (χ3v) is 5.76. The van der Waals surface area contributed by atoms with Gasteiger partial charge in [-0.25, -0.2) is 4.79 Å². The van der Waals surface area contributed by atoms with E-state index in [0.29, 0.717) is 12.0 Å². The number of carbonyl (C=O) groups is 6. The number of carboxylic acids is 2. The highest BCUT2D eigenvalue weighted by atomic mass is 16.4. The lowest BCUT2D eigenvalue weighted by Gasteiger charge is -2.29. The Kier molecular flexibility index (Phi) is 10.3. The van der Waals surface area contributed by atoms with Crippen LogP contribution in [-0.2, 0) is 35.2 Å². The van der Waals surface area contributed by atoms with Gasteiger partial charge in [0.1, 0.15) is 18.1 Å². The molecule has 1 aromatic rings. The van der Waals surface area contributed by atoms with E-state index in [0.717, 1.165) is 0 Å². The van der Waals surface area contributed by atoms with Crippen LogP contribution in [0.25, 0.3) is 0 Å². The molecule has 1 saturated heterocycles. The summed E-state index contributed by atoms with van der Waals surface area (Å²) in [4.78, 5) is 73.7. The van der Waals surface area contributed by atoms with Gasteiger partial charge in [0.05, 0.1) is 12.5 Å². The van der Waals surface area contributed by atoms with E-state index in [1.54, 1.807) is 30.3 Å². The zero-order valence-electron chi connectivity index (χ0n) is 19.6. The summed E-state index contributed by atoms with van der Waals surface area (Å²) in [6.07, 6.45) is -0.461. The van der Waals surface area contributed by atoms with Crippen molar-refractivity contribution in [2.45, 2.75) is 62.7 Å². The van der Waals surface area contributed by atoms with Crippen LogP contribution < -0.4 is 22.1 Å². The van der Waals surface area contributed by atoms with Crippen LogP contribution in [0.3, 0.4) is 0 Å². The number of likely N-dealkylation sites (tertiary alicyclic amines) is 1. The first-order valence-corrected chi connectivity index (χ1v) is 11.4. The predicted molar refractivity (Wildman–Crippen MR) is 125 cm³/mol. The minimum absolute atomic E-state index is 0.0393.